The summed E-state index contributed by atoms with van der Waals surface area (Å²) < 4.78 is 5.01. The fraction of sp³-hybridized carbons (Fsp3) is 0.917. The van der Waals surface area contributed by atoms with Crippen molar-refractivity contribution in [1.82, 2.24) is 15.5 Å². The van der Waals surface area contributed by atoms with Gasteiger partial charge in [-0.15, -0.1) is 24.0 Å². The second-order valence-corrected chi connectivity index (χ2v) is 4.50. The first-order valence-electron chi connectivity index (χ1n) is 6.41. The van der Waals surface area contributed by atoms with Crippen LogP contribution in [0.2, 0.25) is 0 Å². The van der Waals surface area contributed by atoms with Crippen LogP contribution >= 0.6 is 24.0 Å². The van der Waals surface area contributed by atoms with Crippen molar-refractivity contribution in [1.29, 1.82) is 0 Å². The number of nitrogens with zero attached hydrogens (tertiary/aromatic N) is 2. The van der Waals surface area contributed by atoms with Crippen molar-refractivity contribution in [3.63, 3.8) is 0 Å². The van der Waals surface area contributed by atoms with Gasteiger partial charge in [0.15, 0.2) is 5.96 Å². The number of likely N-dealkylation sites (N-methyl/N-ethyl adjacent to an activating group) is 1. The van der Waals surface area contributed by atoms with Crippen molar-refractivity contribution < 1.29 is 4.74 Å². The highest BCUT2D eigenvalue weighted by Gasteiger charge is 2.20. The molecule has 1 rings (SSSR count). The van der Waals surface area contributed by atoms with E-state index in [-0.39, 0.29) is 24.0 Å². The molecule has 1 unspecified atom stereocenters. The predicted molar refractivity (Wildman–Crippen MR) is 86.9 cm³/mol. The highest BCUT2D eigenvalue weighted by Crippen LogP contribution is 2.13. The van der Waals surface area contributed by atoms with Gasteiger partial charge in [-0.25, -0.2) is 0 Å². The predicted octanol–water partition coefficient (Wildman–Crippen LogP) is 0.900. The van der Waals surface area contributed by atoms with Crippen LogP contribution in [0.1, 0.15) is 19.3 Å². The Morgan fingerprint density at radius 2 is 2.22 bits per heavy atom. The average molecular weight is 370 g/mol. The smallest absolute Gasteiger partial charge is 0.191 e. The summed E-state index contributed by atoms with van der Waals surface area (Å²) in [6.45, 7) is 3.87. The maximum atomic E-state index is 5.01. The number of likely N-dealkylation sites (tertiary alicyclic amines) is 1. The SMILES string of the molecule is CN=C(NCCCOC)NCC1CCCN1C.I. The number of rotatable bonds is 6. The maximum Gasteiger partial charge on any atom is 0.191 e. The summed E-state index contributed by atoms with van der Waals surface area (Å²) in [4.78, 5) is 6.61. The van der Waals surface area contributed by atoms with Crippen LogP contribution in [-0.4, -0.2) is 64.3 Å². The van der Waals surface area contributed by atoms with E-state index in [2.05, 4.69) is 27.6 Å². The number of hydrogen-bond acceptors (Lipinski definition) is 3. The first-order valence-corrected chi connectivity index (χ1v) is 6.41. The van der Waals surface area contributed by atoms with E-state index in [9.17, 15) is 0 Å². The molecule has 6 heteroatoms. The molecular weight excluding hydrogens is 343 g/mol. The topological polar surface area (TPSA) is 48.9 Å². The molecule has 0 spiro atoms. The molecule has 1 heterocycles. The van der Waals surface area contributed by atoms with E-state index in [1.54, 1.807) is 7.11 Å². The van der Waals surface area contributed by atoms with E-state index in [1.165, 1.54) is 19.4 Å². The molecule has 5 nitrogen and oxygen atoms in total. The van der Waals surface area contributed by atoms with Gasteiger partial charge in [-0.2, -0.15) is 0 Å². The lowest BCUT2D eigenvalue weighted by atomic mass is 10.2. The number of ether oxygens (including phenoxy) is 1. The molecule has 1 atom stereocenters. The highest BCUT2D eigenvalue weighted by molar-refractivity contribution is 14.0. The Morgan fingerprint density at radius 1 is 1.44 bits per heavy atom. The van der Waals surface area contributed by atoms with Gasteiger partial charge >= 0.3 is 0 Å². The molecule has 0 aromatic rings. The monoisotopic (exact) mass is 370 g/mol. The van der Waals surface area contributed by atoms with Crippen LogP contribution in [0.4, 0.5) is 0 Å². The van der Waals surface area contributed by atoms with E-state index in [0.717, 1.165) is 32.1 Å². The van der Waals surface area contributed by atoms with Gasteiger partial charge in [-0.1, -0.05) is 0 Å². The Labute approximate surface area is 128 Å². The molecule has 1 aliphatic rings. The van der Waals surface area contributed by atoms with Gasteiger partial charge in [-0.3, -0.25) is 4.99 Å². The number of nitrogens with one attached hydrogen (secondary N) is 2. The van der Waals surface area contributed by atoms with Crippen molar-refractivity contribution in [2.75, 3.05) is 47.4 Å². The third kappa shape index (κ3) is 6.75. The van der Waals surface area contributed by atoms with Gasteiger partial charge in [0, 0.05) is 39.9 Å². The highest BCUT2D eigenvalue weighted by atomic mass is 127. The Bertz CT molecular complexity index is 238. The third-order valence-electron chi connectivity index (χ3n) is 3.22. The van der Waals surface area contributed by atoms with Crippen molar-refractivity contribution in [2.24, 2.45) is 4.99 Å². The molecular formula is C12H27IN4O. The lowest BCUT2D eigenvalue weighted by Crippen LogP contribution is -2.44. The molecule has 0 aromatic heterocycles. The van der Waals surface area contributed by atoms with Gasteiger partial charge in [-0.05, 0) is 32.9 Å². The molecule has 2 N–H and O–H groups in total. The van der Waals surface area contributed by atoms with Crippen molar-refractivity contribution in [2.45, 2.75) is 25.3 Å². The second-order valence-electron chi connectivity index (χ2n) is 4.50. The summed E-state index contributed by atoms with van der Waals surface area (Å²) in [7, 11) is 5.72. The zero-order valence-corrected chi connectivity index (χ0v) is 14.1. The van der Waals surface area contributed by atoms with Gasteiger partial charge < -0.3 is 20.3 Å². The molecule has 1 saturated heterocycles. The van der Waals surface area contributed by atoms with Crippen molar-refractivity contribution >= 4 is 29.9 Å². The minimum atomic E-state index is 0. The van der Waals surface area contributed by atoms with Crippen LogP contribution in [0.25, 0.3) is 0 Å². The number of methoxy groups -OCH3 is 1. The van der Waals surface area contributed by atoms with E-state index >= 15 is 0 Å². The van der Waals surface area contributed by atoms with E-state index in [4.69, 9.17) is 4.74 Å². The van der Waals surface area contributed by atoms with Crippen LogP contribution in [-0.2, 0) is 4.74 Å². The standard InChI is InChI=1S/C12H26N4O.HI/c1-13-12(14-7-5-9-17-3)15-10-11-6-4-8-16(11)2;/h11H,4-10H2,1-3H3,(H2,13,14,15);1H. The largest absolute Gasteiger partial charge is 0.385 e. The summed E-state index contributed by atoms with van der Waals surface area (Å²) in [5, 5.41) is 6.66. The van der Waals surface area contributed by atoms with E-state index in [0.29, 0.717) is 6.04 Å². The number of hydrogen-bond donors (Lipinski definition) is 2. The summed E-state index contributed by atoms with van der Waals surface area (Å²) in [5.74, 6) is 0.890. The zero-order chi connectivity index (χ0) is 12.5. The Balaban J connectivity index is 0.00000289. The minimum Gasteiger partial charge on any atom is -0.385 e. The normalized spacial score (nSPS) is 20.6. The Hall–Kier alpha value is -0.0800. The van der Waals surface area contributed by atoms with Gasteiger partial charge in [0.25, 0.3) is 0 Å². The molecule has 0 aliphatic carbocycles. The first-order chi connectivity index (χ1) is 8.27. The summed E-state index contributed by atoms with van der Waals surface area (Å²) in [6.07, 6.45) is 3.59. The van der Waals surface area contributed by atoms with Crippen LogP contribution in [0.5, 0.6) is 0 Å². The van der Waals surface area contributed by atoms with Crippen LogP contribution < -0.4 is 10.6 Å². The number of aliphatic imine (C=N–C) groups is 1. The zero-order valence-electron chi connectivity index (χ0n) is 11.7. The second kappa shape index (κ2) is 10.8. The maximum absolute atomic E-state index is 5.01. The fourth-order valence-electron chi connectivity index (χ4n) is 2.10. The molecule has 108 valence electrons. The average Bonchev–Trinajstić information content (AvgIpc) is 2.74. The van der Waals surface area contributed by atoms with E-state index < -0.39 is 0 Å². The fourth-order valence-corrected chi connectivity index (χ4v) is 2.10. The molecule has 0 amide bonds. The van der Waals surface area contributed by atoms with Gasteiger partial charge in [0.2, 0.25) is 0 Å². The van der Waals surface area contributed by atoms with Crippen molar-refractivity contribution in [3.8, 4) is 0 Å². The summed E-state index contributed by atoms with van der Waals surface area (Å²) in [5.41, 5.74) is 0. The number of halogens is 1. The van der Waals surface area contributed by atoms with Crippen LogP contribution in [0.15, 0.2) is 4.99 Å². The quantitative estimate of drug-likeness (QED) is 0.316. The van der Waals surface area contributed by atoms with Crippen molar-refractivity contribution in [3.05, 3.63) is 0 Å². The van der Waals surface area contributed by atoms with E-state index in [1.807, 2.05) is 7.05 Å². The Morgan fingerprint density at radius 3 is 2.78 bits per heavy atom. The van der Waals surface area contributed by atoms with Crippen LogP contribution in [0.3, 0.4) is 0 Å². The lowest BCUT2D eigenvalue weighted by molar-refractivity contribution is 0.195. The molecule has 0 radical (unpaired) electrons. The number of guanidine groups is 1. The third-order valence-corrected chi connectivity index (χ3v) is 3.22. The lowest BCUT2D eigenvalue weighted by Gasteiger charge is -2.21. The minimum absolute atomic E-state index is 0. The molecule has 0 bridgehead atoms. The molecule has 18 heavy (non-hydrogen) atoms. The van der Waals surface area contributed by atoms with Crippen LogP contribution in [0, 0.1) is 0 Å². The Kier molecular flexibility index (Phi) is 10.8. The first kappa shape index (κ1) is 17.9. The van der Waals surface area contributed by atoms with Gasteiger partial charge in [0.1, 0.15) is 0 Å². The molecule has 0 saturated carbocycles. The molecule has 1 fully saturated rings. The molecule has 1 aliphatic heterocycles. The van der Waals surface area contributed by atoms with Gasteiger partial charge in [0.05, 0.1) is 0 Å². The summed E-state index contributed by atoms with van der Waals surface area (Å²) >= 11 is 0. The summed E-state index contributed by atoms with van der Waals surface area (Å²) in [6, 6.07) is 0.646. The molecule has 0 aromatic carbocycles.